The number of pyridine rings is 1. The number of nitrogens with one attached hydrogen (secondary N) is 1. The fourth-order valence-corrected chi connectivity index (χ4v) is 3.42. The van der Waals surface area contributed by atoms with Gasteiger partial charge in [-0.3, -0.25) is 4.79 Å². The van der Waals surface area contributed by atoms with Crippen LogP contribution in [0.4, 0.5) is 17.6 Å². The van der Waals surface area contributed by atoms with Crippen LogP contribution in [-0.4, -0.2) is 37.3 Å². The molecule has 1 N–H and O–H groups in total. The first kappa shape index (κ1) is 21.6. The Hall–Kier alpha value is -2.69. The van der Waals surface area contributed by atoms with Gasteiger partial charge in [0.1, 0.15) is 11.1 Å². The lowest BCUT2D eigenvalue weighted by Crippen LogP contribution is -2.37. The third-order valence-corrected chi connectivity index (χ3v) is 5.73. The lowest BCUT2D eigenvalue weighted by Gasteiger charge is -2.15. The number of amides is 1. The predicted octanol–water partition coefficient (Wildman–Crippen LogP) is 2.64. The molecule has 28 heavy (non-hydrogen) atoms. The smallest absolute Gasteiger partial charge is 0.422 e. The minimum atomic E-state index is -4.56. The highest BCUT2D eigenvalue weighted by Gasteiger charge is 2.31. The van der Waals surface area contributed by atoms with Crippen molar-refractivity contribution in [3.63, 3.8) is 0 Å². The summed E-state index contributed by atoms with van der Waals surface area (Å²) in [6.45, 7) is -0.693. The van der Waals surface area contributed by atoms with Crippen molar-refractivity contribution in [1.82, 2.24) is 10.3 Å². The van der Waals surface area contributed by atoms with Gasteiger partial charge >= 0.3 is 6.18 Å². The van der Waals surface area contributed by atoms with Crippen LogP contribution < -0.4 is 10.1 Å². The average molecular weight is 420 g/mol. The molecule has 6 nitrogen and oxygen atoms in total. The summed E-state index contributed by atoms with van der Waals surface area (Å²) in [6.07, 6.45) is -3.34. The Morgan fingerprint density at radius 2 is 1.86 bits per heavy atom. The fourth-order valence-electron chi connectivity index (χ4n) is 2.13. The molecule has 0 saturated heterocycles. The van der Waals surface area contributed by atoms with Crippen LogP contribution in [0.3, 0.4) is 0 Å². The molecular formula is C17H16F4N2O4S. The Balaban J connectivity index is 2.06. The number of alkyl halides is 3. The normalized spacial score (nSPS) is 13.0. The highest BCUT2D eigenvalue weighted by molar-refractivity contribution is 7.92. The van der Waals surface area contributed by atoms with Gasteiger partial charge in [-0.2, -0.15) is 13.2 Å². The number of sulfone groups is 1. The van der Waals surface area contributed by atoms with Crippen molar-refractivity contribution in [2.24, 2.45) is 0 Å². The molecule has 0 aliphatic rings. The number of aromatic nitrogens is 1. The van der Waals surface area contributed by atoms with Crippen LogP contribution in [0.5, 0.6) is 5.88 Å². The number of carbonyl (C=O) groups is 1. The quantitative estimate of drug-likeness (QED) is 0.550. The second-order valence-corrected chi connectivity index (χ2v) is 8.00. The molecule has 0 aliphatic heterocycles. The maximum atomic E-state index is 13.0. The third-order valence-electron chi connectivity index (χ3n) is 3.65. The van der Waals surface area contributed by atoms with Crippen LogP contribution in [0.2, 0.25) is 0 Å². The largest absolute Gasteiger partial charge is 0.468 e. The van der Waals surface area contributed by atoms with Gasteiger partial charge in [-0.15, -0.1) is 0 Å². The summed E-state index contributed by atoms with van der Waals surface area (Å²) >= 11 is 0. The topological polar surface area (TPSA) is 85.4 Å². The van der Waals surface area contributed by atoms with E-state index >= 15 is 0 Å². The van der Waals surface area contributed by atoms with E-state index in [1.165, 1.54) is 18.3 Å². The van der Waals surface area contributed by atoms with Crippen molar-refractivity contribution in [3.05, 3.63) is 54.0 Å². The summed E-state index contributed by atoms with van der Waals surface area (Å²) in [5, 5.41) is 0.825. The summed E-state index contributed by atoms with van der Waals surface area (Å²) in [6, 6.07) is 6.81. The minimum Gasteiger partial charge on any atom is -0.468 e. The first-order chi connectivity index (χ1) is 13.0. The standard InChI is InChI=1S/C17H16F4N2O4S/c1-11(28(25,26)14-6-4-13(18)5-7-14)15(24)23-9-12-3-2-8-22-16(12)27-10-17(19,20)21/h2-8,11H,9-10H2,1H3,(H,23,24). The van der Waals surface area contributed by atoms with Crippen molar-refractivity contribution in [2.75, 3.05) is 6.61 Å². The molecule has 1 amide bonds. The van der Waals surface area contributed by atoms with Gasteiger partial charge in [0.2, 0.25) is 11.8 Å². The zero-order chi connectivity index (χ0) is 20.9. The predicted molar refractivity (Wildman–Crippen MR) is 90.7 cm³/mol. The molecule has 1 aromatic carbocycles. The van der Waals surface area contributed by atoms with Gasteiger partial charge in [0, 0.05) is 18.3 Å². The van der Waals surface area contributed by atoms with Crippen molar-refractivity contribution in [3.8, 4) is 5.88 Å². The number of carbonyl (C=O) groups excluding carboxylic acids is 1. The average Bonchev–Trinajstić information content (AvgIpc) is 2.64. The molecule has 0 spiro atoms. The van der Waals surface area contributed by atoms with Gasteiger partial charge in [0.25, 0.3) is 0 Å². The minimum absolute atomic E-state index is 0.145. The molecular weight excluding hydrogens is 404 g/mol. The Morgan fingerprint density at radius 1 is 1.21 bits per heavy atom. The van der Waals surface area contributed by atoms with Gasteiger partial charge in [-0.25, -0.2) is 17.8 Å². The van der Waals surface area contributed by atoms with Gasteiger partial charge < -0.3 is 10.1 Å². The van der Waals surface area contributed by atoms with Gasteiger partial charge in [-0.05, 0) is 37.3 Å². The Morgan fingerprint density at radius 3 is 2.46 bits per heavy atom. The zero-order valence-electron chi connectivity index (χ0n) is 14.5. The van der Waals surface area contributed by atoms with Crippen LogP contribution in [0.25, 0.3) is 0 Å². The Labute approximate surface area is 158 Å². The second-order valence-electron chi connectivity index (χ2n) is 5.73. The molecule has 1 heterocycles. The Bertz CT molecular complexity index is 931. The molecule has 0 saturated carbocycles. The lowest BCUT2D eigenvalue weighted by atomic mass is 10.2. The number of rotatable bonds is 7. The highest BCUT2D eigenvalue weighted by atomic mass is 32.2. The molecule has 0 bridgehead atoms. The van der Waals surface area contributed by atoms with Gasteiger partial charge in [0.15, 0.2) is 16.4 Å². The molecule has 152 valence electrons. The molecule has 2 aromatic rings. The summed E-state index contributed by atoms with van der Waals surface area (Å²) in [5.41, 5.74) is 0.145. The molecule has 1 aromatic heterocycles. The van der Waals surface area contributed by atoms with E-state index in [9.17, 15) is 30.8 Å². The highest BCUT2D eigenvalue weighted by Crippen LogP contribution is 2.20. The number of nitrogens with zero attached hydrogens (tertiary/aromatic N) is 1. The van der Waals surface area contributed by atoms with E-state index in [0.717, 1.165) is 31.2 Å². The first-order valence-corrected chi connectivity index (χ1v) is 9.46. The molecule has 0 aliphatic carbocycles. The third kappa shape index (κ3) is 5.65. The van der Waals surface area contributed by atoms with E-state index in [2.05, 4.69) is 15.0 Å². The van der Waals surface area contributed by atoms with Gasteiger partial charge in [-0.1, -0.05) is 6.07 Å². The number of hydrogen-bond donors (Lipinski definition) is 1. The van der Waals surface area contributed by atoms with E-state index in [0.29, 0.717) is 0 Å². The fraction of sp³-hybridized carbons (Fsp3) is 0.294. The van der Waals surface area contributed by atoms with E-state index in [1.807, 2.05) is 0 Å². The number of halogens is 4. The maximum Gasteiger partial charge on any atom is 0.422 e. The van der Waals surface area contributed by atoms with E-state index in [4.69, 9.17) is 0 Å². The number of ether oxygens (including phenoxy) is 1. The lowest BCUT2D eigenvalue weighted by molar-refractivity contribution is -0.154. The van der Waals surface area contributed by atoms with Crippen LogP contribution >= 0.6 is 0 Å². The molecule has 0 radical (unpaired) electrons. The van der Waals surface area contributed by atoms with Crippen LogP contribution in [0.1, 0.15) is 12.5 Å². The Kier molecular flexibility index (Phi) is 6.60. The molecule has 1 atom stereocenters. The van der Waals surface area contributed by atoms with Crippen molar-refractivity contribution < 1.29 is 35.5 Å². The summed E-state index contributed by atoms with van der Waals surface area (Å²) in [7, 11) is -4.07. The SMILES string of the molecule is CC(C(=O)NCc1cccnc1OCC(F)(F)F)S(=O)(=O)c1ccc(F)cc1. The zero-order valence-corrected chi connectivity index (χ0v) is 15.3. The van der Waals surface area contributed by atoms with Crippen molar-refractivity contribution in [1.29, 1.82) is 0 Å². The first-order valence-electron chi connectivity index (χ1n) is 7.91. The molecule has 1 unspecified atom stereocenters. The van der Waals surface area contributed by atoms with Crippen molar-refractivity contribution in [2.45, 2.75) is 29.8 Å². The monoisotopic (exact) mass is 420 g/mol. The molecule has 11 heteroatoms. The van der Waals surface area contributed by atoms with Crippen molar-refractivity contribution >= 4 is 15.7 Å². The summed E-state index contributed by atoms with van der Waals surface area (Å²) in [5.74, 6) is -1.83. The second kappa shape index (κ2) is 8.55. The van der Waals surface area contributed by atoms with Crippen LogP contribution in [0, 0.1) is 5.82 Å². The van der Waals surface area contributed by atoms with Crippen LogP contribution in [0.15, 0.2) is 47.5 Å². The van der Waals surface area contributed by atoms with Gasteiger partial charge in [0.05, 0.1) is 4.90 Å². The van der Waals surface area contributed by atoms with Crippen LogP contribution in [-0.2, 0) is 21.2 Å². The molecule has 0 fully saturated rings. The number of hydrogen-bond acceptors (Lipinski definition) is 5. The summed E-state index contributed by atoms with van der Waals surface area (Å²) in [4.78, 5) is 15.7. The molecule has 2 rings (SSSR count). The van der Waals surface area contributed by atoms with E-state index in [1.54, 1.807) is 0 Å². The summed E-state index contributed by atoms with van der Waals surface area (Å²) < 4.78 is 79.3. The van der Waals surface area contributed by atoms with E-state index in [-0.39, 0.29) is 22.9 Å². The van der Waals surface area contributed by atoms with E-state index < -0.39 is 39.6 Å². The maximum absolute atomic E-state index is 13.0. The number of benzene rings is 1.